The van der Waals surface area contributed by atoms with Crippen LogP contribution in [0, 0.1) is 12.7 Å². The summed E-state index contributed by atoms with van der Waals surface area (Å²) in [5, 5.41) is 12.8. The van der Waals surface area contributed by atoms with Crippen LogP contribution >= 0.6 is 0 Å². The molecule has 2 aromatic heterocycles. The first-order valence-corrected chi connectivity index (χ1v) is 4.75. The molecular weight excluding hydrogens is 227 g/mol. The van der Waals surface area contributed by atoms with Crippen molar-refractivity contribution in [2.24, 2.45) is 7.05 Å². The van der Waals surface area contributed by atoms with Gasteiger partial charge in [0.15, 0.2) is 11.5 Å². The first-order valence-electron chi connectivity index (χ1n) is 4.75. The molecule has 2 aromatic rings. The second-order valence-corrected chi connectivity index (χ2v) is 3.48. The first kappa shape index (κ1) is 11.2. The molecule has 0 aliphatic rings. The van der Waals surface area contributed by atoms with Crippen LogP contribution in [0.15, 0.2) is 12.4 Å². The summed E-state index contributed by atoms with van der Waals surface area (Å²) >= 11 is 0. The number of aromatic carboxylic acids is 1. The Morgan fingerprint density at radius 3 is 2.71 bits per heavy atom. The van der Waals surface area contributed by atoms with E-state index in [0.717, 1.165) is 12.0 Å². The van der Waals surface area contributed by atoms with Gasteiger partial charge in [0.05, 0.1) is 0 Å². The van der Waals surface area contributed by atoms with Gasteiger partial charge in [0, 0.05) is 12.7 Å². The third-order valence-corrected chi connectivity index (χ3v) is 2.35. The van der Waals surface area contributed by atoms with Gasteiger partial charge in [0.1, 0.15) is 17.7 Å². The van der Waals surface area contributed by atoms with Crippen molar-refractivity contribution in [1.29, 1.82) is 0 Å². The standard InChI is InChI=1S/C10H9FN4O2/c1-5-3-6(14-15(5)2)8-7(11)9(10(16)17)13-4-12-8/h3-4H,1-2H3,(H,16,17). The van der Waals surface area contributed by atoms with Gasteiger partial charge in [-0.15, -0.1) is 0 Å². The number of carbonyl (C=O) groups is 1. The summed E-state index contributed by atoms with van der Waals surface area (Å²) in [6, 6.07) is 1.62. The van der Waals surface area contributed by atoms with Crippen LogP contribution in [0.25, 0.3) is 11.4 Å². The van der Waals surface area contributed by atoms with Crippen molar-refractivity contribution >= 4 is 5.97 Å². The summed E-state index contributed by atoms with van der Waals surface area (Å²) < 4.78 is 15.3. The van der Waals surface area contributed by atoms with E-state index in [2.05, 4.69) is 15.1 Å². The van der Waals surface area contributed by atoms with Gasteiger partial charge in [-0.3, -0.25) is 4.68 Å². The average molecular weight is 236 g/mol. The minimum absolute atomic E-state index is 0.110. The Morgan fingerprint density at radius 1 is 1.47 bits per heavy atom. The van der Waals surface area contributed by atoms with Gasteiger partial charge in [-0.25, -0.2) is 19.2 Å². The molecule has 0 fully saturated rings. The number of hydrogen-bond donors (Lipinski definition) is 1. The van der Waals surface area contributed by atoms with Crippen molar-refractivity contribution in [3.05, 3.63) is 29.6 Å². The molecular formula is C10H9FN4O2. The summed E-state index contributed by atoms with van der Waals surface area (Å²) in [6.07, 6.45) is 1.01. The summed E-state index contributed by atoms with van der Waals surface area (Å²) in [7, 11) is 1.70. The van der Waals surface area contributed by atoms with Crippen molar-refractivity contribution in [2.45, 2.75) is 6.92 Å². The third kappa shape index (κ3) is 1.86. The van der Waals surface area contributed by atoms with E-state index in [1.165, 1.54) is 0 Å². The van der Waals surface area contributed by atoms with E-state index in [1.807, 2.05) is 0 Å². The number of rotatable bonds is 2. The van der Waals surface area contributed by atoms with Crippen LogP contribution in [0.1, 0.15) is 16.2 Å². The number of aromatic nitrogens is 4. The second kappa shape index (κ2) is 3.93. The summed E-state index contributed by atoms with van der Waals surface area (Å²) in [6.45, 7) is 1.80. The fourth-order valence-electron chi connectivity index (χ4n) is 1.37. The largest absolute Gasteiger partial charge is 0.476 e. The molecule has 17 heavy (non-hydrogen) atoms. The Morgan fingerprint density at radius 2 is 2.18 bits per heavy atom. The zero-order chi connectivity index (χ0) is 12.6. The van der Waals surface area contributed by atoms with Gasteiger partial charge >= 0.3 is 5.97 Å². The fourth-order valence-corrected chi connectivity index (χ4v) is 1.37. The molecule has 0 bridgehead atoms. The molecule has 6 nitrogen and oxygen atoms in total. The van der Waals surface area contributed by atoms with Gasteiger partial charge in [-0.2, -0.15) is 5.10 Å². The van der Waals surface area contributed by atoms with Crippen LogP contribution in [0.5, 0.6) is 0 Å². The van der Waals surface area contributed by atoms with Crippen LogP contribution in [0.3, 0.4) is 0 Å². The van der Waals surface area contributed by atoms with Crippen LogP contribution in [-0.2, 0) is 7.05 Å². The van der Waals surface area contributed by atoms with Crippen molar-refractivity contribution in [2.75, 3.05) is 0 Å². The van der Waals surface area contributed by atoms with Crippen LogP contribution in [0.4, 0.5) is 4.39 Å². The Kier molecular flexibility index (Phi) is 2.58. The molecule has 0 saturated heterocycles. The van der Waals surface area contributed by atoms with E-state index in [0.29, 0.717) is 0 Å². The summed E-state index contributed by atoms with van der Waals surface area (Å²) in [5.41, 5.74) is 0.335. The molecule has 0 radical (unpaired) electrons. The van der Waals surface area contributed by atoms with E-state index < -0.39 is 17.5 Å². The monoisotopic (exact) mass is 236 g/mol. The number of nitrogens with zero attached hydrogens (tertiary/aromatic N) is 4. The Bertz CT molecular complexity index is 574. The maximum absolute atomic E-state index is 13.8. The second-order valence-electron chi connectivity index (χ2n) is 3.48. The number of halogens is 1. The first-order chi connectivity index (χ1) is 8.00. The highest BCUT2D eigenvalue weighted by molar-refractivity contribution is 5.86. The minimum Gasteiger partial charge on any atom is -0.476 e. The number of hydrogen-bond acceptors (Lipinski definition) is 4. The van der Waals surface area contributed by atoms with Crippen LogP contribution in [0.2, 0.25) is 0 Å². The smallest absolute Gasteiger partial charge is 0.357 e. The quantitative estimate of drug-likeness (QED) is 0.841. The zero-order valence-corrected chi connectivity index (χ0v) is 9.18. The number of carboxylic acids is 1. The molecule has 0 aromatic carbocycles. The molecule has 2 heterocycles. The average Bonchev–Trinajstić information content (AvgIpc) is 2.59. The van der Waals surface area contributed by atoms with E-state index in [-0.39, 0.29) is 11.4 Å². The van der Waals surface area contributed by atoms with Gasteiger partial charge in [-0.1, -0.05) is 0 Å². The van der Waals surface area contributed by atoms with E-state index in [1.54, 1.807) is 24.7 Å². The molecule has 7 heteroatoms. The Balaban J connectivity index is 2.60. The molecule has 0 amide bonds. The van der Waals surface area contributed by atoms with E-state index in [4.69, 9.17) is 5.11 Å². The number of carboxylic acid groups (broad SMARTS) is 1. The van der Waals surface area contributed by atoms with Crippen molar-refractivity contribution in [1.82, 2.24) is 19.7 Å². The van der Waals surface area contributed by atoms with Gasteiger partial charge in [0.25, 0.3) is 0 Å². The molecule has 0 aliphatic carbocycles. The lowest BCUT2D eigenvalue weighted by Crippen LogP contribution is -2.07. The topological polar surface area (TPSA) is 80.9 Å². The highest BCUT2D eigenvalue weighted by Gasteiger charge is 2.19. The third-order valence-electron chi connectivity index (χ3n) is 2.35. The molecule has 0 unspecified atom stereocenters. The summed E-state index contributed by atoms with van der Waals surface area (Å²) in [4.78, 5) is 17.8. The molecule has 0 aliphatic heterocycles. The normalized spacial score (nSPS) is 10.5. The van der Waals surface area contributed by atoms with E-state index >= 15 is 0 Å². The van der Waals surface area contributed by atoms with Crippen molar-refractivity contribution < 1.29 is 14.3 Å². The van der Waals surface area contributed by atoms with Gasteiger partial charge in [0.2, 0.25) is 0 Å². The molecule has 0 spiro atoms. The maximum atomic E-state index is 13.8. The van der Waals surface area contributed by atoms with Crippen LogP contribution < -0.4 is 0 Å². The Labute approximate surface area is 95.8 Å². The predicted molar refractivity (Wildman–Crippen MR) is 55.9 cm³/mol. The SMILES string of the molecule is Cc1cc(-c2ncnc(C(=O)O)c2F)nn1C. The lowest BCUT2D eigenvalue weighted by molar-refractivity contribution is 0.0684. The van der Waals surface area contributed by atoms with Crippen molar-refractivity contribution in [3.8, 4) is 11.4 Å². The predicted octanol–water partition coefficient (Wildman–Crippen LogP) is 1.02. The lowest BCUT2D eigenvalue weighted by Gasteiger charge is -2.00. The maximum Gasteiger partial charge on any atom is 0.357 e. The van der Waals surface area contributed by atoms with Gasteiger partial charge in [-0.05, 0) is 13.0 Å². The molecule has 0 atom stereocenters. The van der Waals surface area contributed by atoms with Crippen LogP contribution in [-0.4, -0.2) is 30.8 Å². The molecule has 88 valence electrons. The molecule has 0 saturated carbocycles. The van der Waals surface area contributed by atoms with Crippen molar-refractivity contribution in [3.63, 3.8) is 0 Å². The highest BCUT2D eigenvalue weighted by atomic mass is 19.1. The van der Waals surface area contributed by atoms with Gasteiger partial charge < -0.3 is 5.11 Å². The molecule has 1 N–H and O–H groups in total. The molecule has 2 rings (SSSR count). The number of aryl methyl sites for hydroxylation is 2. The fraction of sp³-hybridized carbons (Fsp3) is 0.200. The Hall–Kier alpha value is -2.31. The lowest BCUT2D eigenvalue weighted by atomic mass is 10.2. The summed E-state index contributed by atoms with van der Waals surface area (Å²) in [5.74, 6) is -2.41. The highest BCUT2D eigenvalue weighted by Crippen LogP contribution is 2.20. The zero-order valence-electron chi connectivity index (χ0n) is 9.18. The minimum atomic E-state index is -1.43. The van der Waals surface area contributed by atoms with E-state index in [9.17, 15) is 9.18 Å².